The lowest BCUT2D eigenvalue weighted by Gasteiger charge is -2.07. The van der Waals surface area contributed by atoms with Gasteiger partial charge in [-0.3, -0.25) is 4.79 Å². The number of nitrogens with zero attached hydrogens (tertiary/aromatic N) is 3. The number of aromatic nitrogens is 3. The summed E-state index contributed by atoms with van der Waals surface area (Å²) in [6.45, 7) is 4.33. The largest absolute Gasteiger partial charge is 0.494 e. The Morgan fingerprint density at radius 2 is 2.09 bits per heavy atom. The van der Waals surface area contributed by atoms with Crippen molar-refractivity contribution < 1.29 is 9.53 Å². The van der Waals surface area contributed by atoms with E-state index < -0.39 is 0 Å². The highest BCUT2D eigenvalue weighted by atomic mass is 16.5. The second-order valence-corrected chi connectivity index (χ2v) is 5.03. The number of amides is 1. The van der Waals surface area contributed by atoms with Gasteiger partial charge in [-0.15, -0.1) is 0 Å². The first-order valence-corrected chi connectivity index (χ1v) is 7.23. The van der Waals surface area contributed by atoms with Gasteiger partial charge in [-0.2, -0.15) is 9.61 Å². The normalized spacial score (nSPS) is 10.7. The standard InChI is InChI=1S/C16H17N5O2/c1-3-23-12-6-4-11(5-7-12)20-16(22)13-9-18-21-14(17)8-10(2)19-15(13)21/h4-9H,3,17H2,1-2H3,(H,20,22). The van der Waals surface area contributed by atoms with Gasteiger partial charge in [-0.05, 0) is 38.1 Å². The van der Waals surface area contributed by atoms with Gasteiger partial charge in [0, 0.05) is 17.4 Å². The van der Waals surface area contributed by atoms with Crippen LogP contribution >= 0.6 is 0 Å². The fourth-order valence-corrected chi connectivity index (χ4v) is 2.27. The third-order valence-corrected chi connectivity index (χ3v) is 3.30. The molecule has 0 unspecified atom stereocenters. The lowest BCUT2D eigenvalue weighted by molar-refractivity contribution is 0.102. The predicted molar refractivity (Wildman–Crippen MR) is 87.7 cm³/mol. The minimum absolute atomic E-state index is 0.290. The molecule has 0 aliphatic rings. The van der Waals surface area contributed by atoms with Gasteiger partial charge in [-0.1, -0.05) is 0 Å². The molecule has 1 aromatic carbocycles. The van der Waals surface area contributed by atoms with E-state index in [1.807, 2.05) is 13.8 Å². The zero-order valence-corrected chi connectivity index (χ0v) is 12.9. The first kappa shape index (κ1) is 14.8. The van der Waals surface area contributed by atoms with Crippen molar-refractivity contribution in [3.8, 4) is 5.75 Å². The van der Waals surface area contributed by atoms with Crippen molar-refractivity contribution in [2.75, 3.05) is 17.7 Å². The summed E-state index contributed by atoms with van der Waals surface area (Å²) in [5.41, 5.74) is 8.08. The summed E-state index contributed by atoms with van der Waals surface area (Å²) in [7, 11) is 0. The number of nitrogens with two attached hydrogens (primary N) is 1. The molecule has 0 radical (unpaired) electrons. The van der Waals surface area contributed by atoms with Gasteiger partial charge in [0.2, 0.25) is 0 Å². The molecule has 3 N–H and O–H groups in total. The molecule has 0 atom stereocenters. The molecule has 7 heteroatoms. The maximum atomic E-state index is 12.4. The molecule has 0 fully saturated rings. The Morgan fingerprint density at radius 1 is 1.35 bits per heavy atom. The number of hydrogen-bond donors (Lipinski definition) is 2. The number of nitrogens with one attached hydrogen (secondary N) is 1. The van der Waals surface area contributed by atoms with E-state index >= 15 is 0 Å². The van der Waals surface area contributed by atoms with E-state index in [0.717, 1.165) is 11.4 Å². The highest BCUT2D eigenvalue weighted by Gasteiger charge is 2.16. The molecule has 3 aromatic rings. The minimum Gasteiger partial charge on any atom is -0.494 e. The molecule has 0 aliphatic carbocycles. The third-order valence-electron chi connectivity index (χ3n) is 3.30. The molecule has 7 nitrogen and oxygen atoms in total. The zero-order chi connectivity index (χ0) is 16.4. The Labute approximate surface area is 133 Å². The van der Waals surface area contributed by atoms with Crippen LogP contribution in [0.25, 0.3) is 5.65 Å². The van der Waals surface area contributed by atoms with Crippen LogP contribution in [0.3, 0.4) is 0 Å². The Kier molecular flexibility index (Phi) is 3.84. The highest BCUT2D eigenvalue weighted by molar-refractivity contribution is 6.08. The summed E-state index contributed by atoms with van der Waals surface area (Å²) in [5, 5.41) is 6.92. The maximum Gasteiger partial charge on any atom is 0.261 e. The molecule has 0 saturated heterocycles. The number of ether oxygens (including phenoxy) is 1. The van der Waals surface area contributed by atoms with Crippen LogP contribution in [0.2, 0.25) is 0 Å². The number of aryl methyl sites for hydroxylation is 1. The van der Waals surface area contributed by atoms with E-state index in [0.29, 0.717) is 29.3 Å². The van der Waals surface area contributed by atoms with Crippen LogP contribution in [0, 0.1) is 6.92 Å². The third kappa shape index (κ3) is 2.94. The molecule has 0 spiro atoms. The number of anilines is 2. The van der Waals surface area contributed by atoms with E-state index in [4.69, 9.17) is 10.5 Å². The van der Waals surface area contributed by atoms with Crippen LogP contribution in [-0.2, 0) is 0 Å². The average Bonchev–Trinajstić information content (AvgIpc) is 2.93. The predicted octanol–water partition coefficient (Wildman–Crippen LogP) is 2.27. The number of fused-ring (bicyclic) bond motifs is 1. The van der Waals surface area contributed by atoms with Crippen LogP contribution in [-0.4, -0.2) is 27.1 Å². The lowest BCUT2D eigenvalue weighted by atomic mass is 10.2. The van der Waals surface area contributed by atoms with Crippen molar-refractivity contribution in [1.29, 1.82) is 0 Å². The molecular weight excluding hydrogens is 294 g/mol. The molecule has 1 amide bonds. The van der Waals surface area contributed by atoms with E-state index in [2.05, 4.69) is 15.4 Å². The number of nitrogen functional groups attached to an aromatic ring is 1. The summed E-state index contributed by atoms with van der Waals surface area (Å²) in [6.07, 6.45) is 1.46. The van der Waals surface area contributed by atoms with Crippen LogP contribution in [0.4, 0.5) is 11.5 Å². The highest BCUT2D eigenvalue weighted by Crippen LogP contribution is 2.18. The fourth-order valence-electron chi connectivity index (χ4n) is 2.27. The van der Waals surface area contributed by atoms with Gasteiger partial charge in [0.15, 0.2) is 5.65 Å². The minimum atomic E-state index is -0.290. The topological polar surface area (TPSA) is 94.5 Å². The van der Waals surface area contributed by atoms with Gasteiger partial charge in [0.05, 0.1) is 12.8 Å². The van der Waals surface area contributed by atoms with E-state index in [-0.39, 0.29) is 5.91 Å². The summed E-state index contributed by atoms with van der Waals surface area (Å²) >= 11 is 0. The molecule has 23 heavy (non-hydrogen) atoms. The monoisotopic (exact) mass is 311 g/mol. The molecule has 2 heterocycles. The second-order valence-electron chi connectivity index (χ2n) is 5.03. The average molecular weight is 311 g/mol. The van der Waals surface area contributed by atoms with Crippen molar-refractivity contribution in [3.63, 3.8) is 0 Å². The van der Waals surface area contributed by atoms with Gasteiger partial charge in [0.25, 0.3) is 5.91 Å². The number of hydrogen-bond acceptors (Lipinski definition) is 5. The van der Waals surface area contributed by atoms with Gasteiger partial charge >= 0.3 is 0 Å². The van der Waals surface area contributed by atoms with Crippen molar-refractivity contribution in [3.05, 3.63) is 47.8 Å². The summed E-state index contributed by atoms with van der Waals surface area (Å²) < 4.78 is 6.82. The van der Waals surface area contributed by atoms with Crippen molar-refractivity contribution in [2.45, 2.75) is 13.8 Å². The smallest absolute Gasteiger partial charge is 0.261 e. The number of rotatable bonds is 4. The van der Waals surface area contributed by atoms with Crippen molar-refractivity contribution in [1.82, 2.24) is 14.6 Å². The first-order chi connectivity index (χ1) is 11.1. The number of carbonyl (C=O) groups excluding carboxylic acids is 1. The van der Waals surface area contributed by atoms with E-state index in [9.17, 15) is 4.79 Å². The summed E-state index contributed by atoms with van der Waals surface area (Å²) in [4.78, 5) is 16.8. The van der Waals surface area contributed by atoms with Crippen LogP contribution in [0.15, 0.2) is 36.5 Å². The van der Waals surface area contributed by atoms with Crippen molar-refractivity contribution >= 4 is 23.1 Å². The Bertz CT molecular complexity index is 855. The second kappa shape index (κ2) is 5.96. The van der Waals surface area contributed by atoms with Crippen LogP contribution in [0.1, 0.15) is 23.0 Å². The quantitative estimate of drug-likeness (QED) is 0.770. The molecule has 0 aliphatic heterocycles. The number of carbonyl (C=O) groups is 1. The maximum absolute atomic E-state index is 12.4. The molecular formula is C16H17N5O2. The summed E-state index contributed by atoms with van der Waals surface area (Å²) in [5.74, 6) is 0.904. The Balaban J connectivity index is 1.86. The molecule has 0 saturated carbocycles. The van der Waals surface area contributed by atoms with Crippen molar-refractivity contribution in [2.24, 2.45) is 0 Å². The van der Waals surface area contributed by atoms with Gasteiger partial charge in [-0.25, -0.2) is 4.98 Å². The summed E-state index contributed by atoms with van der Waals surface area (Å²) in [6, 6.07) is 8.86. The van der Waals surface area contributed by atoms with Gasteiger partial charge < -0.3 is 15.8 Å². The first-order valence-electron chi connectivity index (χ1n) is 7.23. The SMILES string of the molecule is CCOc1ccc(NC(=O)c2cnn3c(N)cc(C)nc23)cc1. The Morgan fingerprint density at radius 3 is 2.78 bits per heavy atom. The van der Waals surface area contributed by atoms with Crippen LogP contribution in [0.5, 0.6) is 5.75 Å². The zero-order valence-electron chi connectivity index (χ0n) is 12.9. The van der Waals surface area contributed by atoms with E-state index in [1.165, 1.54) is 10.7 Å². The van der Waals surface area contributed by atoms with Crippen LogP contribution < -0.4 is 15.8 Å². The van der Waals surface area contributed by atoms with E-state index in [1.54, 1.807) is 30.3 Å². The van der Waals surface area contributed by atoms with Gasteiger partial charge in [0.1, 0.15) is 17.1 Å². The lowest BCUT2D eigenvalue weighted by Crippen LogP contribution is -2.12. The fraction of sp³-hybridized carbons (Fsp3) is 0.188. The number of benzene rings is 1. The molecule has 0 bridgehead atoms. The molecule has 118 valence electrons. The molecule has 2 aromatic heterocycles. The molecule has 3 rings (SSSR count). The Hall–Kier alpha value is -3.09.